The van der Waals surface area contributed by atoms with E-state index in [1.165, 1.54) is 10.6 Å². The maximum atomic E-state index is 13.1. The van der Waals surface area contributed by atoms with Crippen LogP contribution in [0, 0.1) is 5.92 Å². The number of rotatable bonds is 7. The molecule has 1 amide bonds. The number of fused-ring (bicyclic) bond motifs is 1. The summed E-state index contributed by atoms with van der Waals surface area (Å²) >= 11 is 3.45. The van der Waals surface area contributed by atoms with E-state index in [2.05, 4.69) is 21.2 Å². The minimum absolute atomic E-state index is 0.118. The number of nitrogens with one attached hydrogen (secondary N) is 1. The summed E-state index contributed by atoms with van der Waals surface area (Å²) in [6, 6.07) is 11.3. The molecule has 1 aliphatic carbocycles. The minimum Gasteiger partial charge on any atom is -0.354 e. The number of halogens is 1. The van der Waals surface area contributed by atoms with Crippen LogP contribution in [0.1, 0.15) is 48.7 Å². The Morgan fingerprint density at radius 3 is 2.41 bits per heavy atom. The maximum Gasteiger partial charge on any atom is 0.270 e. The number of nitrogens with zero attached hydrogens (tertiary/aromatic N) is 3. The van der Waals surface area contributed by atoms with Gasteiger partial charge in [0.2, 0.25) is 10.0 Å². The lowest BCUT2D eigenvalue weighted by Gasteiger charge is -2.37. The number of benzene rings is 2. The zero-order valence-electron chi connectivity index (χ0n) is 21.3. The minimum atomic E-state index is -3.62. The third-order valence-corrected chi connectivity index (χ3v) is 8.45. The Bertz CT molecular complexity index is 1440. The van der Waals surface area contributed by atoms with Crippen molar-refractivity contribution in [2.24, 2.45) is 5.92 Å². The summed E-state index contributed by atoms with van der Waals surface area (Å²) in [6.45, 7) is 4.74. The molecule has 1 aliphatic heterocycles. The molecular weight excluding hydrogens is 560 g/mol. The van der Waals surface area contributed by atoms with Crippen LogP contribution in [0.2, 0.25) is 0 Å². The Balaban J connectivity index is 1.64. The molecule has 0 unspecified atom stereocenters. The molecule has 0 spiro atoms. The highest BCUT2D eigenvalue weighted by molar-refractivity contribution is 9.10. The molecule has 0 atom stereocenters. The smallest absolute Gasteiger partial charge is 0.270 e. The van der Waals surface area contributed by atoms with Crippen molar-refractivity contribution in [2.75, 3.05) is 37.4 Å². The Morgan fingerprint density at radius 2 is 1.84 bits per heavy atom. The molecule has 37 heavy (non-hydrogen) atoms. The first-order valence-corrected chi connectivity index (χ1v) is 14.9. The van der Waals surface area contributed by atoms with Crippen LogP contribution >= 0.6 is 15.9 Å². The van der Waals surface area contributed by atoms with E-state index in [1.54, 1.807) is 17.8 Å². The number of hydrogen-bond acceptors (Lipinski definition) is 6. The van der Waals surface area contributed by atoms with E-state index in [9.17, 15) is 13.2 Å². The molecule has 3 aromatic rings. The summed E-state index contributed by atoms with van der Waals surface area (Å²) < 4.78 is 41.8. The maximum absolute atomic E-state index is 13.1. The average Bonchev–Trinajstić information content (AvgIpc) is 3.62. The van der Waals surface area contributed by atoms with E-state index < -0.39 is 15.8 Å². The van der Waals surface area contributed by atoms with Crippen LogP contribution in [0.15, 0.2) is 40.9 Å². The topological polar surface area (TPSA) is 103 Å². The Morgan fingerprint density at radius 1 is 1.19 bits per heavy atom. The number of carbonyl (C=O) groups excluding carboxylic acids is 1. The highest BCUT2D eigenvalue weighted by Crippen LogP contribution is 2.47. The van der Waals surface area contributed by atoms with Crippen LogP contribution in [-0.2, 0) is 19.5 Å². The molecule has 198 valence electrons. The summed E-state index contributed by atoms with van der Waals surface area (Å²) in [7, 11) is -2.03. The summed E-state index contributed by atoms with van der Waals surface area (Å²) in [5, 5.41) is 8.18. The molecule has 2 aliphatic rings. The fourth-order valence-electron chi connectivity index (χ4n) is 4.66. The molecule has 5 rings (SSSR count). The third-order valence-electron chi connectivity index (χ3n) is 6.78. The van der Waals surface area contributed by atoms with Crippen molar-refractivity contribution in [1.82, 2.24) is 15.1 Å². The van der Waals surface area contributed by atoms with Crippen LogP contribution in [0.25, 0.3) is 16.6 Å². The molecule has 1 saturated heterocycles. The second-order valence-corrected chi connectivity index (χ2v) is 13.0. The van der Waals surface area contributed by atoms with E-state index in [-0.39, 0.29) is 24.3 Å². The van der Waals surface area contributed by atoms with Crippen molar-refractivity contribution < 1.29 is 22.7 Å². The van der Waals surface area contributed by atoms with Crippen LogP contribution < -0.4 is 9.62 Å². The van der Waals surface area contributed by atoms with Gasteiger partial charge in [0, 0.05) is 29.4 Å². The zero-order chi connectivity index (χ0) is 26.5. The number of sulfonamides is 1. The highest BCUT2D eigenvalue weighted by atomic mass is 79.9. The normalized spacial score (nSPS) is 18.2. The van der Waals surface area contributed by atoms with Gasteiger partial charge in [-0.25, -0.2) is 13.1 Å². The van der Waals surface area contributed by atoms with E-state index >= 15 is 0 Å². The van der Waals surface area contributed by atoms with Crippen LogP contribution in [-0.4, -0.2) is 63.0 Å². The molecule has 9 nitrogen and oxygen atoms in total. The van der Waals surface area contributed by atoms with Crippen molar-refractivity contribution in [3.05, 3.63) is 52.1 Å². The van der Waals surface area contributed by atoms with Crippen LogP contribution in [0.4, 0.5) is 5.69 Å². The van der Waals surface area contributed by atoms with Crippen molar-refractivity contribution in [3.63, 3.8) is 0 Å². The summed E-state index contributed by atoms with van der Waals surface area (Å²) in [6.07, 6.45) is 3.16. The number of carbonyl (C=O) groups is 1. The largest absolute Gasteiger partial charge is 0.354 e. The summed E-state index contributed by atoms with van der Waals surface area (Å²) in [5.74, 6) is -0.832. The van der Waals surface area contributed by atoms with Gasteiger partial charge < -0.3 is 14.8 Å². The van der Waals surface area contributed by atoms with Crippen molar-refractivity contribution in [3.8, 4) is 5.69 Å². The van der Waals surface area contributed by atoms with Gasteiger partial charge in [0.25, 0.3) is 5.91 Å². The van der Waals surface area contributed by atoms with Gasteiger partial charge in [-0.1, -0.05) is 15.9 Å². The molecule has 2 fully saturated rings. The van der Waals surface area contributed by atoms with Crippen LogP contribution in [0.5, 0.6) is 0 Å². The van der Waals surface area contributed by atoms with Gasteiger partial charge in [-0.3, -0.25) is 9.10 Å². The first-order valence-electron chi connectivity index (χ1n) is 12.3. The lowest BCUT2D eigenvalue weighted by Crippen LogP contribution is -2.45. The van der Waals surface area contributed by atoms with Crippen molar-refractivity contribution >= 4 is 48.5 Å². The number of anilines is 1. The third kappa shape index (κ3) is 5.41. The fraction of sp³-hybridized carbons (Fsp3) is 0.462. The molecule has 2 heterocycles. The molecule has 1 N–H and O–H groups in total. The monoisotopic (exact) mass is 590 g/mol. The molecule has 0 bridgehead atoms. The lowest BCUT2D eigenvalue weighted by molar-refractivity contribution is -0.260. The Labute approximate surface area is 225 Å². The second kappa shape index (κ2) is 9.68. The Hall–Kier alpha value is -2.47. The van der Waals surface area contributed by atoms with Gasteiger partial charge >= 0.3 is 0 Å². The molecule has 0 radical (unpaired) electrons. The lowest BCUT2D eigenvalue weighted by atomic mass is 10.0. The molecule has 2 aromatic carbocycles. The van der Waals surface area contributed by atoms with Gasteiger partial charge in [-0.15, -0.1) is 0 Å². The number of ether oxygens (including phenoxy) is 2. The van der Waals surface area contributed by atoms with Gasteiger partial charge in [0.05, 0.1) is 36.4 Å². The zero-order valence-corrected chi connectivity index (χ0v) is 23.7. The van der Waals surface area contributed by atoms with Crippen molar-refractivity contribution in [2.45, 2.75) is 38.4 Å². The molecular formula is C26H31BrN4O5S. The predicted molar refractivity (Wildman–Crippen MR) is 146 cm³/mol. The standard InChI is InChI=1S/C26H31BrN4O5S/c1-26(2)35-14-16(15-36-26)13-30(37(4,33)34)23-12-22-21(11-20(23)17-5-6-17)24(25(32)28-3)31(29-22)19-9-7-18(27)8-10-19/h7-12,16-17H,5-6,13-15H2,1-4H3,(H,28,32). The summed E-state index contributed by atoms with van der Waals surface area (Å²) in [4.78, 5) is 13.0. The number of aromatic nitrogens is 2. The Kier molecular flexibility index (Phi) is 6.84. The second-order valence-electron chi connectivity index (χ2n) is 10.2. The average molecular weight is 592 g/mol. The van der Waals surface area contributed by atoms with E-state index in [0.29, 0.717) is 35.5 Å². The molecule has 11 heteroatoms. The van der Waals surface area contributed by atoms with E-state index in [1.807, 2.05) is 44.2 Å². The SMILES string of the molecule is CNC(=O)c1c2cc(C3CC3)c(N(CC3COC(C)(C)OC3)S(C)(=O)=O)cc2nn1-c1ccc(Br)cc1. The van der Waals surface area contributed by atoms with Gasteiger partial charge in [0.15, 0.2) is 5.79 Å². The fourth-order valence-corrected chi connectivity index (χ4v) is 5.92. The molecule has 1 saturated carbocycles. The first-order chi connectivity index (χ1) is 17.5. The number of hydrogen-bond donors (Lipinski definition) is 1. The van der Waals surface area contributed by atoms with E-state index in [0.717, 1.165) is 28.6 Å². The predicted octanol–water partition coefficient (Wildman–Crippen LogP) is 4.19. The quantitative estimate of drug-likeness (QED) is 0.442. The van der Waals surface area contributed by atoms with Crippen molar-refractivity contribution in [1.29, 1.82) is 0 Å². The van der Waals surface area contributed by atoms with E-state index in [4.69, 9.17) is 14.6 Å². The van der Waals surface area contributed by atoms with Gasteiger partial charge in [-0.05, 0) is 74.6 Å². The van der Waals surface area contributed by atoms with Gasteiger partial charge in [-0.2, -0.15) is 5.10 Å². The van der Waals surface area contributed by atoms with Crippen LogP contribution in [0.3, 0.4) is 0 Å². The van der Waals surface area contributed by atoms with Gasteiger partial charge in [0.1, 0.15) is 5.69 Å². The summed E-state index contributed by atoms with van der Waals surface area (Å²) in [5.41, 5.74) is 3.21. The first kappa shape index (κ1) is 26.1. The highest BCUT2D eigenvalue weighted by Gasteiger charge is 2.35. The number of amides is 1. The molecule has 1 aromatic heterocycles.